The van der Waals surface area contributed by atoms with Gasteiger partial charge in [-0.3, -0.25) is 4.79 Å². The van der Waals surface area contributed by atoms with Gasteiger partial charge >= 0.3 is 0 Å². The zero-order chi connectivity index (χ0) is 14.4. The zero-order valence-electron chi connectivity index (χ0n) is 11.6. The van der Waals surface area contributed by atoms with Crippen LogP contribution in [0.5, 0.6) is 11.5 Å². The summed E-state index contributed by atoms with van der Waals surface area (Å²) in [6.07, 6.45) is 4.82. The van der Waals surface area contributed by atoms with Crippen LogP contribution in [-0.4, -0.2) is 33.1 Å². The van der Waals surface area contributed by atoms with Crippen LogP contribution >= 0.6 is 0 Å². The van der Waals surface area contributed by atoms with Crippen molar-refractivity contribution in [3.63, 3.8) is 0 Å². The van der Waals surface area contributed by atoms with E-state index < -0.39 is 0 Å². The summed E-state index contributed by atoms with van der Waals surface area (Å²) in [5.41, 5.74) is 0.877. The number of carbonyl (C=O) groups excluding carboxylic acids is 1. The SMILES string of the molecule is COc1ccc(/C=C/C(=O)C=C2NCCN2)cc1OC. The maximum Gasteiger partial charge on any atom is 0.182 e. The minimum atomic E-state index is -0.0725. The van der Waals surface area contributed by atoms with Crippen molar-refractivity contribution in [2.24, 2.45) is 0 Å². The second-order valence-corrected chi connectivity index (χ2v) is 4.26. The first kappa shape index (κ1) is 14.0. The van der Waals surface area contributed by atoms with Crippen LogP contribution in [0, 0.1) is 0 Å². The molecular formula is C15H18N2O3. The van der Waals surface area contributed by atoms with Crippen LogP contribution in [0.25, 0.3) is 6.08 Å². The van der Waals surface area contributed by atoms with E-state index in [0.29, 0.717) is 11.5 Å². The molecule has 1 aliphatic rings. The van der Waals surface area contributed by atoms with Crippen LogP contribution in [0.1, 0.15) is 5.56 Å². The van der Waals surface area contributed by atoms with Gasteiger partial charge in [0.15, 0.2) is 17.3 Å². The van der Waals surface area contributed by atoms with E-state index in [1.807, 2.05) is 18.2 Å². The lowest BCUT2D eigenvalue weighted by Crippen LogP contribution is -2.11. The average Bonchev–Trinajstić information content (AvgIpc) is 2.97. The van der Waals surface area contributed by atoms with Crippen LogP contribution in [0.3, 0.4) is 0 Å². The topological polar surface area (TPSA) is 59.6 Å². The summed E-state index contributed by atoms with van der Waals surface area (Å²) in [5.74, 6) is 2.00. The lowest BCUT2D eigenvalue weighted by atomic mass is 10.1. The summed E-state index contributed by atoms with van der Waals surface area (Å²) >= 11 is 0. The van der Waals surface area contributed by atoms with Gasteiger partial charge in [-0.25, -0.2) is 0 Å². The number of ether oxygens (including phenoxy) is 2. The molecule has 1 aromatic carbocycles. The summed E-state index contributed by atoms with van der Waals surface area (Å²) in [6, 6.07) is 5.49. The van der Waals surface area contributed by atoms with E-state index in [0.717, 1.165) is 24.5 Å². The molecule has 0 aliphatic carbocycles. The quantitative estimate of drug-likeness (QED) is 0.793. The van der Waals surface area contributed by atoms with Crippen LogP contribution in [0.4, 0.5) is 0 Å². The van der Waals surface area contributed by atoms with Gasteiger partial charge in [-0.05, 0) is 23.8 Å². The fourth-order valence-corrected chi connectivity index (χ4v) is 1.88. The predicted octanol–water partition coefficient (Wildman–Crippen LogP) is 1.32. The minimum absolute atomic E-state index is 0.0725. The lowest BCUT2D eigenvalue weighted by Gasteiger charge is -2.07. The molecule has 0 bridgehead atoms. The van der Waals surface area contributed by atoms with Crippen LogP contribution in [-0.2, 0) is 4.79 Å². The monoisotopic (exact) mass is 274 g/mol. The molecule has 0 radical (unpaired) electrons. The van der Waals surface area contributed by atoms with E-state index in [2.05, 4.69) is 10.6 Å². The fraction of sp³-hybridized carbons (Fsp3) is 0.267. The van der Waals surface area contributed by atoms with Crippen molar-refractivity contribution in [2.45, 2.75) is 0 Å². The second-order valence-electron chi connectivity index (χ2n) is 4.26. The first-order valence-electron chi connectivity index (χ1n) is 6.36. The molecule has 1 aromatic rings. The fourth-order valence-electron chi connectivity index (χ4n) is 1.88. The molecule has 0 atom stereocenters. The van der Waals surface area contributed by atoms with Gasteiger partial charge in [0.05, 0.1) is 14.2 Å². The molecule has 106 valence electrons. The summed E-state index contributed by atoms with van der Waals surface area (Å²) in [7, 11) is 3.17. The third kappa shape index (κ3) is 3.54. The van der Waals surface area contributed by atoms with Gasteiger partial charge in [0.2, 0.25) is 0 Å². The van der Waals surface area contributed by atoms with Crippen molar-refractivity contribution in [3.05, 3.63) is 41.7 Å². The number of hydrogen-bond donors (Lipinski definition) is 2. The number of benzene rings is 1. The molecule has 0 aromatic heterocycles. The van der Waals surface area contributed by atoms with Crippen molar-refractivity contribution in [1.29, 1.82) is 0 Å². The molecule has 5 nitrogen and oxygen atoms in total. The van der Waals surface area contributed by atoms with E-state index in [-0.39, 0.29) is 5.78 Å². The highest BCUT2D eigenvalue weighted by Gasteiger charge is 2.05. The van der Waals surface area contributed by atoms with E-state index in [4.69, 9.17) is 9.47 Å². The smallest absolute Gasteiger partial charge is 0.182 e. The van der Waals surface area contributed by atoms with E-state index >= 15 is 0 Å². The molecule has 5 heteroatoms. The number of methoxy groups -OCH3 is 2. The van der Waals surface area contributed by atoms with Crippen LogP contribution in [0.2, 0.25) is 0 Å². The standard InChI is InChI=1S/C15H18N2O3/c1-19-13-6-4-11(9-14(13)20-2)3-5-12(18)10-15-16-7-8-17-15/h3-6,9-10,16-17H,7-8H2,1-2H3/b5-3+. The van der Waals surface area contributed by atoms with E-state index in [1.54, 1.807) is 26.4 Å². The van der Waals surface area contributed by atoms with Crippen molar-refractivity contribution in [1.82, 2.24) is 10.6 Å². The minimum Gasteiger partial charge on any atom is -0.493 e. The Kier molecular flexibility index (Phi) is 4.65. The van der Waals surface area contributed by atoms with Gasteiger partial charge in [-0.1, -0.05) is 12.1 Å². The third-order valence-corrected chi connectivity index (χ3v) is 2.89. The third-order valence-electron chi connectivity index (χ3n) is 2.89. The average molecular weight is 274 g/mol. The largest absolute Gasteiger partial charge is 0.493 e. The van der Waals surface area contributed by atoms with Gasteiger partial charge in [0, 0.05) is 19.2 Å². The molecule has 0 spiro atoms. The molecular weight excluding hydrogens is 256 g/mol. The molecule has 1 aliphatic heterocycles. The Hall–Kier alpha value is -2.43. The van der Waals surface area contributed by atoms with Gasteiger partial charge in [-0.2, -0.15) is 0 Å². The summed E-state index contributed by atoms with van der Waals surface area (Å²) in [6.45, 7) is 1.69. The predicted molar refractivity (Wildman–Crippen MR) is 77.7 cm³/mol. The molecule has 0 saturated carbocycles. The summed E-state index contributed by atoms with van der Waals surface area (Å²) in [4.78, 5) is 11.8. The number of nitrogens with one attached hydrogen (secondary N) is 2. The van der Waals surface area contributed by atoms with Gasteiger partial charge in [-0.15, -0.1) is 0 Å². The van der Waals surface area contributed by atoms with Gasteiger partial charge in [0.1, 0.15) is 5.82 Å². The zero-order valence-corrected chi connectivity index (χ0v) is 11.6. The number of hydrogen-bond acceptors (Lipinski definition) is 5. The van der Waals surface area contributed by atoms with Gasteiger partial charge in [0.25, 0.3) is 0 Å². The highest BCUT2D eigenvalue weighted by Crippen LogP contribution is 2.27. The molecule has 2 N–H and O–H groups in total. The molecule has 1 fully saturated rings. The van der Waals surface area contributed by atoms with Crippen molar-refractivity contribution in [2.75, 3.05) is 27.3 Å². The first-order chi connectivity index (χ1) is 9.72. The Labute approximate surface area is 118 Å². The van der Waals surface area contributed by atoms with Crippen LogP contribution < -0.4 is 20.1 Å². The Morgan fingerprint density at radius 3 is 2.50 bits per heavy atom. The number of rotatable bonds is 5. The molecule has 0 unspecified atom stereocenters. The number of carbonyl (C=O) groups is 1. The Morgan fingerprint density at radius 1 is 1.15 bits per heavy atom. The van der Waals surface area contributed by atoms with Crippen molar-refractivity contribution >= 4 is 11.9 Å². The van der Waals surface area contributed by atoms with Crippen LogP contribution in [0.15, 0.2) is 36.2 Å². The number of ketones is 1. The molecule has 0 amide bonds. The summed E-state index contributed by atoms with van der Waals surface area (Å²) in [5, 5.41) is 6.16. The molecule has 1 saturated heterocycles. The Bertz CT molecular complexity index is 542. The van der Waals surface area contributed by atoms with Crippen molar-refractivity contribution < 1.29 is 14.3 Å². The van der Waals surface area contributed by atoms with Crippen molar-refractivity contribution in [3.8, 4) is 11.5 Å². The molecule has 1 heterocycles. The summed E-state index contributed by atoms with van der Waals surface area (Å²) < 4.78 is 10.4. The normalized spacial score (nSPS) is 13.8. The first-order valence-corrected chi connectivity index (χ1v) is 6.36. The van der Waals surface area contributed by atoms with Gasteiger partial charge < -0.3 is 20.1 Å². The Morgan fingerprint density at radius 2 is 1.85 bits per heavy atom. The highest BCUT2D eigenvalue weighted by atomic mass is 16.5. The second kappa shape index (κ2) is 6.65. The number of allylic oxidation sites excluding steroid dienone is 2. The molecule has 2 rings (SSSR count). The van der Waals surface area contributed by atoms with E-state index in [9.17, 15) is 4.79 Å². The maximum absolute atomic E-state index is 11.8. The lowest BCUT2D eigenvalue weighted by molar-refractivity contribution is -0.110. The van der Waals surface area contributed by atoms with E-state index in [1.165, 1.54) is 6.08 Å². The Balaban J connectivity index is 2.07. The maximum atomic E-state index is 11.8. The highest BCUT2D eigenvalue weighted by molar-refractivity contribution is 6.02. The molecule has 20 heavy (non-hydrogen) atoms.